The van der Waals surface area contributed by atoms with Gasteiger partial charge in [0.2, 0.25) is 0 Å². The number of carbonyl (C=O) groups is 1. The van der Waals surface area contributed by atoms with E-state index in [2.05, 4.69) is 10.3 Å². The number of hydrogen-bond acceptors (Lipinski definition) is 5. The fourth-order valence-electron chi connectivity index (χ4n) is 3.14. The van der Waals surface area contributed by atoms with E-state index in [4.69, 9.17) is 14.2 Å². The molecule has 6 heteroatoms. The topological polar surface area (TPSA) is 69.1 Å². The van der Waals surface area contributed by atoms with Crippen LogP contribution in [0, 0.1) is 0 Å². The van der Waals surface area contributed by atoms with Crippen molar-refractivity contribution in [3.05, 3.63) is 53.6 Å². The third-order valence-electron chi connectivity index (χ3n) is 4.57. The second-order valence-corrected chi connectivity index (χ2v) is 6.37. The van der Waals surface area contributed by atoms with Gasteiger partial charge in [0.25, 0.3) is 5.91 Å². The van der Waals surface area contributed by atoms with Crippen molar-refractivity contribution >= 4 is 17.3 Å². The van der Waals surface area contributed by atoms with E-state index < -0.39 is 6.04 Å². The molecule has 2 aromatic carbocycles. The molecule has 3 rings (SSSR count). The molecule has 2 aromatic rings. The van der Waals surface area contributed by atoms with Crippen molar-refractivity contribution in [1.29, 1.82) is 0 Å². The summed E-state index contributed by atoms with van der Waals surface area (Å²) in [6, 6.07) is 12.8. The Kier molecular flexibility index (Phi) is 5.76. The Bertz CT molecular complexity index is 849. The Hall–Kier alpha value is -2.86. The SMILES string of the molecule is COc1ccc2c(c1OC)C(C)=N[C@H]([C@H](C)OCc1ccccc1)C(=O)N2. The number of amides is 1. The Morgan fingerprint density at radius 3 is 2.52 bits per heavy atom. The number of fused-ring (bicyclic) bond motifs is 1. The number of ether oxygens (including phenoxy) is 3. The van der Waals surface area contributed by atoms with Gasteiger partial charge in [0.1, 0.15) is 0 Å². The van der Waals surface area contributed by atoms with Crippen LogP contribution in [0.3, 0.4) is 0 Å². The molecule has 2 atom stereocenters. The lowest BCUT2D eigenvalue weighted by atomic mass is 10.1. The minimum absolute atomic E-state index is 0.208. The molecular formula is C21H24N2O4. The van der Waals surface area contributed by atoms with Gasteiger partial charge in [-0.05, 0) is 31.5 Å². The lowest BCUT2D eigenvalue weighted by Crippen LogP contribution is -2.36. The van der Waals surface area contributed by atoms with Crippen LogP contribution in [0.5, 0.6) is 11.5 Å². The molecule has 0 bridgehead atoms. The van der Waals surface area contributed by atoms with Crippen molar-refractivity contribution in [1.82, 2.24) is 0 Å². The van der Waals surface area contributed by atoms with Gasteiger partial charge < -0.3 is 19.5 Å². The smallest absolute Gasteiger partial charge is 0.251 e. The van der Waals surface area contributed by atoms with Crippen molar-refractivity contribution in [2.24, 2.45) is 4.99 Å². The van der Waals surface area contributed by atoms with Gasteiger partial charge in [-0.2, -0.15) is 0 Å². The van der Waals surface area contributed by atoms with Gasteiger partial charge in [-0.15, -0.1) is 0 Å². The molecule has 27 heavy (non-hydrogen) atoms. The highest BCUT2D eigenvalue weighted by Crippen LogP contribution is 2.38. The number of aliphatic imine (C=N–C) groups is 1. The average molecular weight is 368 g/mol. The Balaban J connectivity index is 1.86. The van der Waals surface area contributed by atoms with Crippen molar-refractivity contribution < 1.29 is 19.0 Å². The van der Waals surface area contributed by atoms with E-state index in [1.165, 1.54) is 0 Å². The number of methoxy groups -OCH3 is 2. The second kappa shape index (κ2) is 8.22. The van der Waals surface area contributed by atoms with Crippen LogP contribution < -0.4 is 14.8 Å². The Morgan fingerprint density at radius 2 is 1.85 bits per heavy atom. The van der Waals surface area contributed by atoms with E-state index in [1.54, 1.807) is 26.4 Å². The summed E-state index contributed by atoms with van der Waals surface area (Å²) < 4.78 is 16.8. The molecule has 1 aliphatic heterocycles. The number of anilines is 1. The van der Waals surface area contributed by atoms with Crippen LogP contribution in [0.25, 0.3) is 0 Å². The van der Waals surface area contributed by atoms with E-state index in [0.29, 0.717) is 29.5 Å². The van der Waals surface area contributed by atoms with Crippen LogP contribution >= 0.6 is 0 Å². The maximum absolute atomic E-state index is 12.8. The first-order valence-corrected chi connectivity index (χ1v) is 8.81. The fraction of sp³-hybridized carbons (Fsp3) is 0.333. The normalized spacial score (nSPS) is 17.3. The monoisotopic (exact) mass is 368 g/mol. The van der Waals surface area contributed by atoms with E-state index in [-0.39, 0.29) is 12.0 Å². The summed E-state index contributed by atoms with van der Waals surface area (Å²) in [5.41, 5.74) is 3.12. The standard InChI is InChI=1S/C21H24N2O4/c1-13-18-16(10-11-17(25-3)20(18)26-4)23-21(24)19(22-13)14(2)27-12-15-8-6-5-7-9-15/h5-11,14,19H,12H2,1-4H3,(H,23,24)/t14-,19+/m0/s1. The molecule has 6 nitrogen and oxygen atoms in total. The van der Waals surface area contributed by atoms with Gasteiger partial charge in [-0.25, -0.2) is 0 Å². The molecule has 1 amide bonds. The second-order valence-electron chi connectivity index (χ2n) is 6.37. The van der Waals surface area contributed by atoms with Gasteiger partial charge in [0, 0.05) is 5.71 Å². The highest BCUT2D eigenvalue weighted by Gasteiger charge is 2.31. The maximum Gasteiger partial charge on any atom is 0.251 e. The van der Waals surface area contributed by atoms with Crippen molar-refractivity contribution in [2.75, 3.05) is 19.5 Å². The lowest BCUT2D eigenvalue weighted by Gasteiger charge is -2.19. The zero-order chi connectivity index (χ0) is 19.4. The van der Waals surface area contributed by atoms with Crippen LogP contribution in [0.4, 0.5) is 5.69 Å². The number of nitrogens with one attached hydrogen (secondary N) is 1. The molecule has 1 heterocycles. The molecule has 142 valence electrons. The maximum atomic E-state index is 12.8. The first kappa shape index (κ1) is 18.9. The van der Waals surface area contributed by atoms with Crippen LogP contribution in [-0.2, 0) is 16.1 Å². The lowest BCUT2D eigenvalue weighted by molar-refractivity contribution is -0.120. The number of rotatable bonds is 6. The molecule has 1 aliphatic rings. The van der Waals surface area contributed by atoms with Crippen LogP contribution in [0.15, 0.2) is 47.5 Å². The van der Waals surface area contributed by atoms with Gasteiger partial charge in [0.05, 0.1) is 38.2 Å². The molecular weight excluding hydrogens is 344 g/mol. The highest BCUT2D eigenvalue weighted by molar-refractivity contribution is 6.13. The number of nitrogens with zero attached hydrogens (tertiary/aromatic N) is 1. The zero-order valence-electron chi connectivity index (χ0n) is 16.0. The van der Waals surface area contributed by atoms with Gasteiger partial charge in [0.15, 0.2) is 17.5 Å². The molecule has 0 aromatic heterocycles. The zero-order valence-corrected chi connectivity index (χ0v) is 16.0. The highest BCUT2D eigenvalue weighted by atomic mass is 16.5. The summed E-state index contributed by atoms with van der Waals surface area (Å²) in [6.45, 7) is 4.14. The van der Waals surface area contributed by atoms with Crippen LogP contribution in [0.2, 0.25) is 0 Å². The number of benzene rings is 2. The number of benzodiazepines with no additional fused rings is 1. The van der Waals surface area contributed by atoms with Gasteiger partial charge in [-0.3, -0.25) is 9.79 Å². The van der Waals surface area contributed by atoms with E-state index >= 15 is 0 Å². The minimum atomic E-state index is -0.656. The summed E-state index contributed by atoms with van der Waals surface area (Å²) in [5.74, 6) is 0.933. The third-order valence-corrected chi connectivity index (χ3v) is 4.57. The van der Waals surface area contributed by atoms with Crippen LogP contribution in [0.1, 0.15) is 25.0 Å². The van der Waals surface area contributed by atoms with Gasteiger partial charge >= 0.3 is 0 Å². The molecule has 0 saturated carbocycles. The largest absolute Gasteiger partial charge is 0.493 e. The number of hydrogen-bond donors (Lipinski definition) is 1. The first-order valence-electron chi connectivity index (χ1n) is 8.81. The Morgan fingerprint density at radius 1 is 1.11 bits per heavy atom. The fourth-order valence-corrected chi connectivity index (χ4v) is 3.14. The Labute approximate surface area is 159 Å². The molecule has 0 unspecified atom stereocenters. The van der Waals surface area contributed by atoms with E-state index in [1.807, 2.05) is 44.2 Å². The quantitative estimate of drug-likeness (QED) is 0.848. The average Bonchev–Trinajstić information content (AvgIpc) is 2.82. The molecule has 0 fully saturated rings. The summed E-state index contributed by atoms with van der Waals surface area (Å²) >= 11 is 0. The molecule has 1 N–H and O–H groups in total. The third kappa shape index (κ3) is 3.95. The molecule has 0 radical (unpaired) electrons. The molecule has 0 aliphatic carbocycles. The summed E-state index contributed by atoms with van der Waals surface area (Å²) in [5, 5.41) is 2.94. The summed E-state index contributed by atoms with van der Waals surface area (Å²) in [6.07, 6.45) is -0.387. The molecule has 0 saturated heterocycles. The van der Waals surface area contributed by atoms with E-state index in [9.17, 15) is 4.79 Å². The predicted molar refractivity (Wildman–Crippen MR) is 105 cm³/mol. The van der Waals surface area contributed by atoms with Gasteiger partial charge in [-0.1, -0.05) is 30.3 Å². The summed E-state index contributed by atoms with van der Waals surface area (Å²) in [7, 11) is 3.15. The van der Waals surface area contributed by atoms with Crippen LogP contribution in [-0.4, -0.2) is 38.0 Å². The summed E-state index contributed by atoms with van der Waals surface area (Å²) in [4.78, 5) is 17.4. The van der Waals surface area contributed by atoms with E-state index in [0.717, 1.165) is 11.1 Å². The van der Waals surface area contributed by atoms with Crippen molar-refractivity contribution in [3.63, 3.8) is 0 Å². The van der Waals surface area contributed by atoms with Crippen molar-refractivity contribution in [2.45, 2.75) is 32.6 Å². The minimum Gasteiger partial charge on any atom is -0.493 e. The first-order chi connectivity index (χ1) is 13.0. The molecule has 0 spiro atoms. The van der Waals surface area contributed by atoms with Crippen molar-refractivity contribution in [3.8, 4) is 11.5 Å². The number of carbonyl (C=O) groups excluding carboxylic acids is 1. The predicted octanol–water partition coefficient (Wildman–Crippen LogP) is 3.44.